The van der Waals surface area contributed by atoms with Gasteiger partial charge in [0, 0.05) is 51.8 Å². The summed E-state index contributed by atoms with van der Waals surface area (Å²) in [6.07, 6.45) is 2.32. The van der Waals surface area contributed by atoms with Crippen molar-refractivity contribution in [2.75, 3.05) is 46.4 Å². The van der Waals surface area contributed by atoms with E-state index in [1.165, 1.54) is 5.56 Å². The molecule has 0 bridgehead atoms. The van der Waals surface area contributed by atoms with Crippen LogP contribution in [0.25, 0.3) is 0 Å². The van der Waals surface area contributed by atoms with Gasteiger partial charge in [0.2, 0.25) is 0 Å². The first-order valence-electron chi connectivity index (χ1n) is 9.01. The lowest BCUT2D eigenvalue weighted by Crippen LogP contribution is -2.49. The van der Waals surface area contributed by atoms with Gasteiger partial charge < -0.3 is 20.3 Å². The van der Waals surface area contributed by atoms with Crippen LogP contribution in [0.15, 0.2) is 21.8 Å². The van der Waals surface area contributed by atoms with E-state index < -0.39 is 0 Å². The summed E-state index contributed by atoms with van der Waals surface area (Å²) in [5.74, 6) is 1.41. The zero-order chi connectivity index (χ0) is 17.2. The third-order valence-electron chi connectivity index (χ3n) is 4.52. The third-order valence-corrected chi connectivity index (χ3v) is 5.22. The topological polar surface area (TPSA) is 48.9 Å². The van der Waals surface area contributed by atoms with Crippen molar-refractivity contribution < 1.29 is 4.74 Å². The lowest BCUT2D eigenvalue weighted by molar-refractivity contribution is 0.128. The van der Waals surface area contributed by atoms with Crippen molar-refractivity contribution in [3.63, 3.8) is 0 Å². The Morgan fingerprint density at radius 1 is 1.44 bits per heavy atom. The fourth-order valence-electron chi connectivity index (χ4n) is 2.92. The average molecular weight is 480 g/mol. The maximum atomic E-state index is 5.17. The second-order valence-electron chi connectivity index (χ2n) is 6.43. The summed E-state index contributed by atoms with van der Waals surface area (Å²) in [4.78, 5) is 7.27. The highest BCUT2D eigenvalue weighted by Gasteiger charge is 2.19. The van der Waals surface area contributed by atoms with Gasteiger partial charge in [0.1, 0.15) is 0 Å². The van der Waals surface area contributed by atoms with E-state index in [1.807, 2.05) is 0 Å². The molecule has 5 nitrogen and oxygen atoms in total. The number of rotatable bonds is 8. The summed E-state index contributed by atoms with van der Waals surface area (Å²) in [6, 6.07) is 2.71. The van der Waals surface area contributed by atoms with Crippen molar-refractivity contribution in [3.8, 4) is 0 Å². The minimum atomic E-state index is 0. The van der Waals surface area contributed by atoms with E-state index in [-0.39, 0.29) is 24.0 Å². The van der Waals surface area contributed by atoms with E-state index in [4.69, 9.17) is 9.73 Å². The normalized spacial score (nSPS) is 17.8. The lowest BCUT2D eigenvalue weighted by atomic mass is 10.1. The molecule has 2 heterocycles. The van der Waals surface area contributed by atoms with Crippen LogP contribution in [0.1, 0.15) is 38.2 Å². The summed E-state index contributed by atoms with van der Waals surface area (Å²) < 4.78 is 5.17. The molecule has 1 unspecified atom stereocenters. The average Bonchev–Trinajstić information content (AvgIpc) is 3.13. The van der Waals surface area contributed by atoms with Crippen LogP contribution in [-0.4, -0.2) is 63.3 Å². The fraction of sp³-hybridized carbons (Fsp3) is 0.722. The fourth-order valence-corrected chi connectivity index (χ4v) is 3.71. The van der Waals surface area contributed by atoms with E-state index in [0.29, 0.717) is 12.0 Å². The number of methoxy groups -OCH3 is 1. The smallest absolute Gasteiger partial charge is 0.191 e. The first-order chi connectivity index (χ1) is 11.7. The quantitative estimate of drug-likeness (QED) is 0.341. The van der Waals surface area contributed by atoms with Gasteiger partial charge in [0.25, 0.3) is 0 Å². The Balaban J connectivity index is 0.00000312. The Kier molecular flexibility index (Phi) is 11.7. The van der Waals surface area contributed by atoms with Crippen molar-refractivity contribution in [3.05, 3.63) is 22.4 Å². The van der Waals surface area contributed by atoms with Gasteiger partial charge in [0.15, 0.2) is 5.96 Å². The molecular weight excluding hydrogens is 447 g/mol. The van der Waals surface area contributed by atoms with Gasteiger partial charge in [0.05, 0.1) is 6.61 Å². The molecule has 0 amide bonds. The number of thiophene rings is 1. The molecule has 1 aliphatic heterocycles. The molecule has 1 aromatic heterocycles. The van der Waals surface area contributed by atoms with Crippen LogP contribution in [0.4, 0.5) is 0 Å². The Hall–Kier alpha value is -0.380. The zero-order valence-corrected chi connectivity index (χ0v) is 18.8. The molecular formula is C18H33IN4OS. The number of hydrogen-bond acceptors (Lipinski definition) is 4. The highest BCUT2D eigenvalue weighted by molar-refractivity contribution is 14.0. The predicted molar refractivity (Wildman–Crippen MR) is 119 cm³/mol. The summed E-state index contributed by atoms with van der Waals surface area (Å²) >= 11 is 1.75. The van der Waals surface area contributed by atoms with Crippen molar-refractivity contribution in [1.82, 2.24) is 15.5 Å². The van der Waals surface area contributed by atoms with Gasteiger partial charge in [-0.15, -0.1) is 24.0 Å². The Morgan fingerprint density at radius 3 is 2.80 bits per heavy atom. The molecule has 0 spiro atoms. The number of halogens is 1. The molecule has 1 saturated heterocycles. The van der Waals surface area contributed by atoms with Gasteiger partial charge in [-0.1, -0.05) is 6.92 Å². The number of nitrogens with one attached hydrogen (secondary N) is 2. The number of nitrogens with zero attached hydrogens (tertiary/aromatic N) is 2. The molecule has 0 aliphatic carbocycles. The van der Waals surface area contributed by atoms with Crippen molar-refractivity contribution in [1.29, 1.82) is 0 Å². The van der Waals surface area contributed by atoms with Crippen molar-refractivity contribution in [2.24, 2.45) is 4.99 Å². The minimum Gasteiger partial charge on any atom is -0.383 e. The molecule has 0 saturated carbocycles. The monoisotopic (exact) mass is 480 g/mol. The highest BCUT2D eigenvalue weighted by Crippen LogP contribution is 2.18. The van der Waals surface area contributed by atoms with Gasteiger partial charge in [-0.25, -0.2) is 0 Å². The summed E-state index contributed by atoms with van der Waals surface area (Å²) in [5.41, 5.74) is 1.38. The maximum absolute atomic E-state index is 5.17. The first kappa shape index (κ1) is 22.7. The second-order valence-corrected chi connectivity index (χ2v) is 7.21. The number of piperidine rings is 1. The molecule has 144 valence electrons. The van der Waals surface area contributed by atoms with Crippen LogP contribution < -0.4 is 10.6 Å². The molecule has 0 aromatic carbocycles. The van der Waals surface area contributed by atoms with E-state index in [1.54, 1.807) is 18.4 Å². The van der Waals surface area contributed by atoms with Crippen LogP contribution >= 0.6 is 35.3 Å². The van der Waals surface area contributed by atoms with Crippen LogP contribution in [0, 0.1) is 0 Å². The second kappa shape index (κ2) is 12.9. The molecule has 0 radical (unpaired) electrons. The predicted octanol–water partition coefficient (Wildman–Crippen LogP) is 3.14. The molecule has 2 rings (SSSR count). The number of hydrogen-bond donors (Lipinski definition) is 2. The number of ether oxygens (including phenoxy) is 1. The molecule has 1 aromatic rings. The zero-order valence-electron chi connectivity index (χ0n) is 15.7. The number of aliphatic imine (C=N–C) groups is 1. The molecule has 7 heteroatoms. The first-order valence-corrected chi connectivity index (χ1v) is 9.95. The Bertz CT molecular complexity index is 475. The van der Waals surface area contributed by atoms with E-state index in [0.717, 1.165) is 58.1 Å². The van der Waals surface area contributed by atoms with Crippen LogP contribution in [0.5, 0.6) is 0 Å². The van der Waals surface area contributed by atoms with Gasteiger partial charge >= 0.3 is 0 Å². The van der Waals surface area contributed by atoms with Gasteiger partial charge in [-0.05, 0) is 42.2 Å². The molecule has 1 fully saturated rings. The SMILES string of the molecule is CCNC(=NCC(C)c1ccsc1)NC1CCN(CCOC)CC1.I. The Morgan fingerprint density at radius 2 is 2.20 bits per heavy atom. The van der Waals surface area contributed by atoms with E-state index in [2.05, 4.69) is 46.2 Å². The van der Waals surface area contributed by atoms with Crippen molar-refractivity contribution in [2.45, 2.75) is 38.6 Å². The molecule has 1 aliphatic rings. The highest BCUT2D eigenvalue weighted by atomic mass is 127. The van der Waals surface area contributed by atoms with Crippen LogP contribution in [-0.2, 0) is 4.74 Å². The summed E-state index contributed by atoms with van der Waals surface area (Å²) in [7, 11) is 1.77. The third kappa shape index (κ3) is 8.23. The largest absolute Gasteiger partial charge is 0.383 e. The Labute approximate surface area is 173 Å². The van der Waals surface area contributed by atoms with E-state index >= 15 is 0 Å². The summed E-state index contributed by atoms with van der Waals surface area (Å²) in [5, 5.41) is 11.4. The van der Waals surface area contributed by atoms with Crippen LogP contribution in [0.2, 0.25) is 0 Å². The summed E-state index contributed by atoms with van der Waals surface area (Å²) in [6.45, 7) is 10.2. The van der Waals surface area contributed by atoms with Crippen LogP contribution in [0.3, 0.4) is 0 Å². The maximum Gasteiger partial charge on any atom is 0.191 e. The van der Waals surface area contributed by atoms with Crippen molar-refractivity contribution >= 4 is 41.3 Å². The number of guanidine groups is 1. The molecule has 1 atom stereocenters. The van der Waals surface area contributed by atoms with Gasteiger partial charge in [-0.3, -0.25) is 4.99 Å². The standard InChI is InChI=1S/C18H32N4OS.HI/c1-4-19-18(20-13-15(2)16-7-12-24-14-16)21-17-5-8-22(9-6-17)10-11-23-3;/h7,12,14-15,17H,4-6,8-11,13H2,1-3H3,(H2,19,20,21);1H. The number of likely N-dealkylation sites (tertiary alicyclic amines) is 1. The molecule has 25 heavy (non-hydrogen) atoms. The van der Waals surface area contributed by atoms with E-state index in [9.17, 15) is 0 Å². The minimum absolute atomic E-state index is 0. The lowest BCUT2D eigenvalue weighted by Gasteiger charge is -2.32. The molecule has 2 N–H and O–H groups in total. The van der Waals surface area contributed by atoms with Gasteiger partial charge in [-0.2, -0.15) is 11.3 Å².